The minimum Gasteiger partial charge on any atom is -0.338 e. The van der Waals surface area contributed by atoms with Crippen LogP contribution in [0.3, 0.4) is 0 Å². The van der Waals surface area contributed by atoms with E-state index in [-0.39, 0.29) is 17.5 Å². The van der Waals surface area contributed by atoms with Crippen molar-refractivity contribution in [2.75, 3.05) is 6.54 Å². The quantitative estimate of drug-likeness (QED) is 0.835. The predicted octanol–water partition coefficient (Wildman–Crippen LogP) is 1.73. The molecule has 4 rings (SSSR count). The number of thiazole rings is 1. The van der Waals surface area contributed by atoms with E-state index in [4.69, 9.17) is 0 Å². The second-order valence-electron chi connectivity index (χ2n) is 6.90. The first-order chi connectivity index (χ1) is 12.1. The fourth-order valence-electron chi connectivity index (χ4n) is 3.86. The Labute approximate surface area is 150 Å². The molecule has 1 fully saturated rings. The molecule has 1 amide bonds. The van der Waals surface area contributed by atoms with Gasteiger partial charge in [-0.15, -0.1) is 11.3 Å². The summed E-state index contributed by atoms with van der Waals surface area (Å²) in [6.45, 7) is 3.21. The normalized spacial score (nSPS) is 19.4. The van der Waals surface area contributed by atoms with Crippen LogP contribution in [0.5, 0.6) is 0 Å². The zero-order valence-electron chi connectivity index (χ0n) is 14.4. The molecule has 2 aromatic rings. The third-order valence-electron chi connectivity index (χ3n) is 5.10. The molecule has 0 bridgehead atoms. The minimum absolute atomic E-state index is 0.0435. The van der Waals surface area contributed by atoms with Crippen molar-refractivity contribution in [1.29, 1.82) is 0 Å². The van der Waals surface area contributed by atoms with E-state index in [1.165, 1.54) is 0 Å². The lowest BCUT2D eigenvalue weighted by atomic mass is 10.2. The van der Waals surface area contributed by atoms with Crippen LogP contribution in [0.15, 0.2) is 17.1 Å². The number of amides is 1. The molecule has 2 aliphatic rings. The molecule has 6 nitrogen and oxygen atoms in total. The van der Waals surface area contributed by atoms with E-state index in [0.29, 0.717) is 13.0 Å². The van der Waals surface area contributed by atoms with Gasteiger partial charge in [-0.05, 0) is 44.6 Å². The molecule has 2 aromatic heterocycles. The van der Waals surface area contributed by atoms with Gasteiger partial charge in [0.15, 0.2) is 0 Å². The Kier molecular flexibility index (Phi) is 4.41. The second-order valence-corrected chi connectivity index (χ2v) is 8.22. The molecule has 7 heteroatoms. The van der Waals surface area contributed by atoms with Crippen molar-refractivity contribution in [2.45, 2.75) is 58.0 Å². The van der Waals surface area contributed by atoms with Crippen LogP contribution in [0, 0.1) is 6.92 Å². The monoisotopic (exact) mass is 358 g/mol. The van der Waals surface area contributed by atoms with Crippen LogP contribution in [0.1, 0.15) is 40.4 Å². The summed E-state index contributed by atoms with van der Waals surface area (Å²) in [5.41, 5.74) is 2.11. The first-order valence-corrected chi connectivity index (χ1v) is 9.72. The number of carbonyl (C=O) groups excluding carboxylic acids is 1. The van der Waals surface area contributed by atoms with Crippen molar-refractivity contribution in [1.82, 2.24) is 19.7 Å². The van der Waals surface area contributed by atoms with Gasteiger partial charge in [-0.2, -0.15) is 5.10 Å². The number of likely N-dealkylation sites (tertiary alicyclic amines) is 1. The van der Waals surface area contributed by atoms with Crippen LogP contribution in [0.4, 0.5) is 0 Å². The number of nitrogens with zero attached hydrogens (tertiary/aromatic N) is 4. The highest BCUT2D eigenvalue weighted by Gasteiger charge is 2.30. The minimum atomic E-state index is -0.0435. The lowest BCUT2D eigenvalue weighted by Gasteiger charge is -2.25. The molecular formula is C18H22N4O2S. The molecule has 3 heterocycles. The summed E-state index contributed by atoms with van der Waals surface area (Å²) in [6, 6.07) is 1.79. The molecule has 0 saturated carbocycles. The maximum absolute atomic E-state index is 12.7. The Balaban J connectivity index is 1.48. The first kappa shape index (κ1) is 16.4. The van der Waals surface area contributed by atoms with E-state index < -0.39 is 0 Å². The number of hydrogen-bond acceptors (Lipinski definition) is 5. The second kappa shape index (κ2) is 6.71. The van der Waals surface area contributed by atoms with Gasteiger partial charge in [0.25, 0.3) is 5.56 Å². The number of aromatic nitrogens is 3. The number of carbonyl (C=O) groups is 1. The van der Waals surface area contributed by atoms with Crippen LogP contribution in [0.25, 0.3) is 0 Å². The van der Waals surface area contributed by atoms with Crippen LogP contribution in [-0.4, -0.2) is 38.2 Å². The van der Waals surface area contributed by atoms with Gasteiger partial charge in [-0.25, -0.2) is 9.67 Å². The maximum Gasteiger partial charge on any atom is 0.267 e. The number of hydrogen-bond donors (Lipinski definition) is 0. The van der Waals surface area contributed by atoms with E-state index in [1.54, 1.807) is 28.3 Å². The summed E-state index contributed by atoms with van der Waals surface area (Å²) < 4.78 is 1.57. The molecule has 1 aliphatic heterocycles. The number of rotatable bonds is 4. The molecule has 1 atom stereocenters. The highest BCUT2D eigenvalue weighted by atomic mass is 32.1. The molecule has 1 unspecified atom stereocenters. The Morgan fingerprint density at radius 3 is 3.04 bits per heavy atom. The fraction of sp³-hybridized carbons (Fsp3) is 0.556. The van der Waals surface area contributed by atoms with Gasteiger partial charge in [0.1, 0.15) is 0 Å². The van der Waals surface area contributed by atoms with Crippen molar-refractivity contribution in [3.8, 4) is 0 Å². The van der Waals surface area contributed by atoms with Gasteiger partial charge < -0.3 is 4.90 Å². The Morgan fingerprint density at radius 1 is 1.36 bits per heavy atom. The van der Waals surface area contributed by atoms with Gasteiger partial charge in [0.05, 0.1) is 29.7 Å². The topological polar surface area (TPSA) is 68.1 Å². The van der Waals surface area contributed by atoms with Crippen LogP contribution < -0.4 is 5.56 Å². The lowest BCUT2D eigenvalue weighted by molar-refractivity contribution is -0.131. The van der Waals surface area contributed by atoms with E-state index in [0.717, 1.165) is 59.8 Å². The summed E-state index contributed by atoms with van der Waals surface area (Å²) in [6.07, 6.45) is 7.09. The average Bonchev–Trinajstić information content (AvgIpc) is 3.29. The van der Waals surface area contributed by atoms with Crippen molar-refractivity contribution in [2.24, 2.45) is 0 Å². The van der Waals surface area contributed by atoms with E-state index in [2.05, 4.69) is 10.1 Å². The fourth-order valence-corrected chi connectivity index (χ4v) is 4.65. The van der Waals surface area contributed by atoms with Crippen molar-refractivity contribution in [3.63, 3.8) is 0 Å². The Morgan fingerprint density at radius 2 is 2.24 bits per heavy atom. The van der Waals surface area contributed by atoms with Gasteiger partial charge in [0, 0.05) is 23.7 Å². The molecule has 1 saturated heterocycles. The highest BCUT2D eigenvalue weighted by molar-refractivity contribution is 7.11. The number of fused-ring (bicyclic) bond motifs is 1. The first-order valence-electron chi connectivity index (χ1n) is 8.91. The molecule has 0 spiro atoms. The van der Waals surface area contributed by atoms with Crippen molar-refractivity contribution >= 4 is 17.2 Å². The van der Waals surface area contributed by atoms with Crippen molar-refractivity contribution < 1.29 is 4.79 Å². The SMILES string of the molecule is Cc1ncc(CC(=O)N2CCCC2Cn2nc3c(cc2=O)CCC3)s1. The molecular weight excluding hydrogens is 336 g/mol. The number of aryl methyl sites for hydroxylation is 3. The van der Waals surface area contributed by atoms with Crippen LogP contribution in [0.2, 0.25) is 0 Å². The standard InChI is InChI=1S/C18H22N4O2S/c1-12-19-10-15(25-12)9-17(23)21-7-3-5-14(21)11-22-18(24)8-13-4-2-6-16(13)20-22/h8,10,14H,2-7,9,11H2,1H3. The molecule has 0 aromatic carbocycles. The smallest absolute Gasteiger partial charge is 0.267 e. The molecule has 132 valence electrons. The largest absolute Gasteiger partial charge is 0.338 e. The maximum atomic E-state index is 12.7. The summed E-state index contributed by atoms with van der Waals surface area (Å²) in [7, 11) is 0. The van der Waals surface area contributed by atoms with Gasteiger partial charge in [0.2, 0.25) is 5.91 Å². The lowest BCUT2D eigenvalue weighted by Crippen LogP contribution is -2.41. The third-order valence-corrected chi connectivity index (χ3v) is 6.01. The predicted molar refractivity (Wildman–Crippen MR) is 95.8 cm³/mol. The van der Waals surface area contributed by atoms with Gasteiger partial charge in [-0.3, -0.25) is 9.59 Å². The van der Waals surface area contributed by atoms with Gasteiger partial charge >= 0.3 is 0 Å². The average molecular weight is 358 g/mol. The van der Waals surface area contributed by atoms with Crippen molar-refractivity contribution in [3.05, 3.63) is 43.8 Å². The molecule has 1 aliphatic carbocycles. The summed E-state index contributed by atoms with van der Waals surface area (Å²) in [5.74, 6) is 0.125. The molecule has 0 N–H and O–H groups in total. The van der Waals surface area contributed by atoms with E-state index in [9.17, 15) is 9.59 Å². The molecule has 25 heavy (non-hydrogen) atoms. The van der Waals surface area contributed by atoms with Crippen LogP contribution >= 0.6 is 11.3 Å². The Hall–Kier alpha value is -2.02. The highest BCUT2D eigenvalue weighted by Crippen LogP contribution is 2.22. The zero-order valence-corrected chi connectivity index (χ0v) is 15.2. The van der Waals surface area contributed by atoms with E-state index in [1.807, 2.05) is 11.8 Å². The summed E-state index contributed by atoms with van der Waals surface area (Å²) in [4.78, 5) is 32.2. The van der Waals surface area contributed by atoms with Gasteiger partial charge in [-0.1, -0.05) is 0 Å². The summed E-state index contributed by atoms with van der Waals surface area (Å²) in [5, 5.41) is 5.54. The van der Waals surface area contributed by atoms with Crippen LogP contribution in [-0.2, 0) is 30.6 Å². The Bertz CT molecular complexity index is 857. The zero-order chi connectivity index (χ0) is 17.4. The summed E-state index contributed by atoms with van der Waals surface area (Å²) >= 11 is 1.57. The third kappa shape index (κ3) is 3.38. The van der Waals surface area contributed by atoms with E-state index >= 15 is 0 Å². The molecule has 0 radical (unpaired) electrons.